The Hall–Kier alpha value is -1.71. The van der Waals surface area contributed by atoms with E-state index in [1.165, 1.54) is 5.56 Å². The van der Waals surface area contributed by atoms with E-state index >= 15 is 0 Å². The van der Waals surface area contributed by atoms with Crippen molar-refractivity contribution in [2.45, 2.75) is 44.6 Å². The zero-order valence-electron chi connectivity index (χ0n) is 12.7. The van der Waals surface area contributed by atoms with Crippen molar-refractivity contribution in [2.24, 2.45) is 0 Å². The van der Waals surface area contributed by atoms with Crippen LogP contribution in [0.5, 0.6) is 5.75 Å². The van der Waals surface area contributed by atoms with E-state index in [2.05, 4.69) is 17.4 Å². The van der Waals surface area contributed by atoms with Crippen molar-refractivity contribution in [2.75, 3.05) is 13.7 Å². The van der Waals surface area contributed by atoms with Crippen LogP contribution in [0.4, 0.5) is 4.79 Å². The number of carbonyl (C=O) groups is 1. The van der Waals surface area contributed by atoms with Gasteiger partial charge in [-0.15, -0.1) is 0 Å². The van der Waals surface area contributed by atoms with Gasteiger partial charge in [0.2, 0.25) is 0 Å². The number of methoxy groups -OCH3 is 1. The van der Waals surface area contributed by atoms with E-state index < -0.39 is 5.60 Å². The second kappa shape index (κ2) is 5.35. The number of benzene rings is 1. The lowest BCUT2D eigenvalue weighted by Crippen LogP contribution is -2.37. The van der Waals surface area contributed by atoms with Gasteiger partial charge in [0, 0.05) is 12.0 Å². The third-order valence-electron chi connectivity index (χ3n) is 3.53. The van der Waals surface area contributed by atoms with Crippen molar-refractivity contribution in [1.29, 1.82) is 0 Å². The molecule has 0 unspecified atom stereocenters. The number of amides is 1. The molecule has 0 bridgehead atoms. The predicted octanol–water partition coefficient (Wildman–Crippen LogP) is 3.25. The second-order valence-corrected chi connectivity index (χ2v) is 6.36. The third kappa shape index (κ3) is 3.65. The number of rotatable bonds is 4. The minimum atomic E-state index is -0.457. The van der Waals surface area contributed by atoms with Crippen molar-refractivity contribution in [3.63, 3.8) is 0 Å². The molecule has 1 saturated carbocycles. The number of hydrogen-bond donors (Lipinski definition) is 1. The third-order valence-corrected chi connectivity index (χ3v) is 3.53. The van der Waals surface area contributed by atoms with Gasteiger partial charge in [0.1, 0.15) is 11.4 Å². The fourth-order valence-electron chi connectivity index (χ4n) is 2.22. The van der Waals surface area contributed by atoms with E-state index in [0.29, 0.717) is 6.54 Å². The fourth-order valence-corrected chi connectivity index (χ4v) is 2.22. The summed E-state index contributed by atoms with van der Waals surface area (Å²) in [4.78, 5) is 11.7. The monoisotopic (exact) mass is 277 g/mol. The summed E-state index contributed by atoms with van der Waals surface area (Å²) >= 11 is 0. The minimum Gasteiger partial charge on any atom is -0.497 e. The van der Waals surface area contributed by atoms with Gasteiger partial charge in [0.15, 0.2) is 0 Å². The summed E-state index contributed by atoms with van der Waals surface area (Å²) in [5.74, 6) is 0.852. The average Bonchev–Trinajstić information content (AvgIpc) is 3.16. The Morgan fingerprint density at radius 1 is 1.25 bits per heavy atom. The highest BCUT2D eigenvalue weighted by Gasteiger charge is 2.44. The van der Waals surface area contributed by atoms with Crippen molar-refractivity contribution < 1.29 is 14.3 Å². The maximum absolute atomic E-state index is 11.7. The molecule has 20 heavy (non-hydrogen) atoms. The molecule has 110 valence electrons. The Morgan fingerprint density at radius 2 is 1.85 bits per heavy atom. The average molecular weight is 277 g/mol. The maximum Gasteiger partial charge on any atom is 0.407 e. The first-order chi connectivity index (χ1) is 9.35. The van der Waals surface area contributed by atoms with Crippen LogP contribution >= 0.6 is 0 Å². The van der Waals surface area contributed by atoms with Crippen LogP contribution in [-0.2, 0) is 10.2 Å². The quantitative estimate of drug-likeness (QED) is 0.919. The molecule has 4 heteroatoms. The van der Waals surface area contributed by atoms with E-state index in [-0.39, 0.29) is 11.5 Å². The maximum atomic E-state index is 11.7. The Balaban J connectivity index is 1.93. The molecule has 0 heterocycles. The molecule has 4 nitrogen and oxygen atoms in total. The zero-order chi connectivity index (χ0) is 14.8. The van der Waals surface area contributed by atoms with Gasteiger partial charge in [0.05, 0.1) is 7.11 Å². The van der Waals surface area contributed by atoms with Gasteiger partial charge in [-0.1, -0.05) is 12.1 Å². The topological polar surface area (TPSA) is 47.6 Å². The van der Waals surface area contributed by atoms with Crippen LogP contribution in [0.1, 0.15) is 39.2 Å². The Morgan fingerprint density at radius 3 is 2.30 bits per heavy atom. The molecular formula is C16H23NO3. The molecule has 0 radical (unpaired) electrons. The lowest BCUT2D eigenvalue weighted by molar-refractivity contribution is 0.0522. The molecular weight excluding hydrogens is 254 g/mol. The minimum absolute atomic E-state index is 0.0726. The number of carbonyl (C=O) groups excluding carboxylic acids is 1. The zero-order valence-corrected chi connectivity index (χ0v) is 12.7. The summed E-state index contributed by atoms with van der Waals surface area (Å²) in [6.45, 7) is 6.21. The normalized spacial score (nSPS) is 16.4. The van der Waals surface area contributed by atoms with Crippen LogP contribution in [0.15, 0.2) is 24.3 Å². The Kier molecular flexibility index (Phi) is 3.93. The highest BCUT2D eigenvalue weighted by Crippen LogP contribution is 2.47. The summed E-state index contributed by atoms with van der Waals surface area (Å²) in [7, 11) is 1.66. The van der Waals surface area contributed by atoms with Gasteiger partial charge in [-0.3, -0.25) is 0 Å². The summed E-state index contributed by atoms with van der Waals surface area (Å²) in [5, 5.41) is 2.88. The molecule has 1 N–H and O–H groups in total. The highest BCUT2D eigenvalue weighted by molar-refractivity contribution is 5.68. The van der Waals surface area contributed by atoms with Gasteiger partial charge in [-0.2, -0.15) is 0 Å². The van der Waals surface area contributed by atoms with E-state index in [9.17, 15) is 4.79 Å². The largest absolute Gasteiger partial charge is 0.497 e. The van der Waals surface area contributed by atoms with Crippen LogP contribution < -0.4 is 10.1 Å². The molecule has 0 saturated heterocycles. The lowest BCUT2D eigenvalue weighted by Gasteiger charge is -2.22. The van der Waals surface area contributed by atoms with Crippen molar-refractivity contribution >= 4 is 6.09 Å². The molecule has 0 spiro atoms. The second-order valence-electron chi connectivity index (χ2n) is 6.36. The number of nitrogens with one attached hydrogen (secondary N) is 1. The van der Waals surface area contributed by atoms with Crippen molar-refractivity contribution in [3.05, 3.63) is 29.8 Å². The molecule has 1 aliphatic rings. The van der Waals surface area contributed by atoms with E-state index in [0.717, 1.165) is 18.6 Å². The molecule has 0 aliphatic heterocycles. The van der Waals surface area contributed by atoms with Crippen LogP contribution in [0.25, 0.3) is 0 Å². The molecule has 1 aromatic carbocycles. The molecule has 0 atom stereocenters. The molecule has 1 aliphatic carbocycles. The summed E-state index contributed by atoms with van der Waals surface area (Å²) in [5.41, 5.74) is 0.860. The van der Waals surface area contributed by atoms with Crippen LogP contribution in [0.3, 0.4) is 0 Å². The lowest BCUT2D eigenvalue weighted by atomic mass is 9.96. The Bertz CT molecular complexity index is 469. The molecule has 0 aromatic heterocycles. The van der Waals surface area contributed by atoms with Crippen molar-refractivity contribution in [1.82, 2.24) is 5.32 Å². The first-order valence-corrected chi connectivity index (χ1v) is 6.96. The van der Waals surface area contributed by atoms with Crippen LogP contribution in [0, 0.1) is 0 Å². The number of hydrogen-bond acceptors (Lipinski definition) is 3. The van der Waals surface area contributed by atoms with E-state index in [1.807, 2.05) is 32.9 Å². The Labute approximate surface area is 120 Å². The van der Waals surface area contributed by atoms with Gasteiger partial charge < -0.3 is 14.8 Å². The molecule has 1 fully saturated rings. The molecule has 1 aromatic rings. The predicted molar refractivity (Wildman–Crippen MR) is 78.1 cm³/mol. The van der Waals surface area contributed by atoms with Gasteiger partial charge in [-0.05, 0) is 51.3 Å². The SMILES string of the molecule is COc1ccc(C2(CNC(=O)OC(C)(C)C)CC2)cc1. The van der Waals surface area contributed by atoms with Gasteiger partial charge in [-0.25, -0.2) is 4.79 Å². The van der Waals surface area contributed by atoms with E-state index in [1.54, 1.807) is 7.11 Å². The molecule has 2 rings (SSSR count). The standard InChI is InChI=1S/C16H23NO3/c1-15(2,3)20-14(18)17-11-16(9-10-16)12-5-7-13(19-4)8-6-12/h5-8H,9-11H2,1-4H3,(H,17,18). The van der Waals surface area contributed by atoms with Gasteiger partial charge in [0.25, 0.3) is 0 Å². The van der Waals surface area contributed by atoms with Gasteiger partial charge >= 0.3 is 6.09 Å². The number of ether oxygens (including phenoxy) is 2. The van der Waals surface area contributed by atoms with Crippen molar-refractivity contribution in [3.8, 4) is 5.75 Å². The molecule has 1 amide bonds. The first-order valence-electron chi connectivity index (χ1n) is 6.96. The van der Waals surface area contributed by atoms with Crippen LogP contribution in [0.2, 0.25) is 0 Å². The van der Waals surface area contributed by atoms with E-state index in [4.69, 9.17) is 9.47 Å². The summed E-state index contributed by atoms with van der Waals surface area (Å²) < 4.78 is 10.4. The highest BCUT2D eigenvalue weighted by atomic mass is 16.6. The smallest absolute Gasteiger partial charge is 0.407 e. The first kappa shape index (κ1) is 14.7. The summed E-state index contributed by atoms with van der Waals surface area (Å²) in [6.07, 6.45) is 1.84. The fraction of sp³-hybridized carbons (Fsp3) is 0.562. The van der Waals surface area contributed by atoms with Crippen LogP contribution in [-0.4, -0.2) is 25.3 Å². The number of alkyl carbamates (subject to hydrolysis) is 1. The summed E-state index contributed by atoms with van der Waals surface area (Å²) in [6, 6.07) is 8.07.